The predicted octanol–water partition coefficient (Wildman–Crippen LogP) is 2.01. The summed E-state index contributed by atoms with van der Waals surface area (Å²) in [6.07, 6.45) is 1.54. The number of hydrogen-bond acceptors (Lipinski definition) is 3. The van der Waals surface area contributed by atoms with Crippen molar-refractivity contribution >= 4 is 6.08 Å². The number of aromatic nitrogens is 2. The minimum absolute atomic E-state index is 0.0751. The molecule has 0 fully saturated rings. The summed E-state index contributed by atoms with van der Waals surface area (Å²) in [6, 6.07) is 0. The van der Waals surface area contributed by atoms with E-state index in [9.17, 15) is 0 Å². The van der Waals surface area contributed by atoms with Crippen LogP contribution in [0.15, 0.2) is 11.0 Å². The van der Waals surface area contributed by atoms with Crippen molar-refractivity contribution in [1.29, 1.82) is 0 Å². The molecule has 11 heavy (non-hydrogen) atoms. The second kappa shape index (κ2) is 2.49. The summed E-state index contributed by atoms with van der Waals surface area (Å²) in [5.74, 6) is 1.13. The first-order chi connectivity index (χ1) is 5.04. The van der Waals surface area contributed by atoms with Gasteiger partial charge >= 0.3 is 0 Å². The van der Waals surface area contributed by atoms with Crippen molar-refractivity contribution in [3.05, 3.63) is 18.4 Å². The molecule has 1 aromatic heterocycles. The third-order valence-corrected chi connectivity index (χ3v) is 1.26. The maximum absolute atomic E-state index is 5.26. The van der Waals surface area contributed by atoms with E-state index in [4.69, 9.17) is 4.42 Å². The molecule has 0 saturated heterocycles. The highest BCUT2D eigenvalue weighted by Gasteiger charge is 2.20. The van der Waals surface area contributed by atoms with Crippen LogP contribution >= 0.6 is 0 Å². The van der Waals surface area contributed by atoms with Gasteiger partial charge in [-0.2, -0.15) is 0 Å². The topological polar surface area (TPSA) is 38.9 Å². The van der Waals surface area contributed by atoms with Crippen LogP contribution in [-0.4, -0.2) is 10.2 Å². The standard InChI is InChI=1S/C8H12N2O/c1-5-6-9-10-7(11-6)8(2,3)4/h5H,1H2,2-4H3. The van der Waals surface area contributed by atoms with E-state index in [2.05, 4.69) is 16.8 Å². The number of rotatable bonds is 1. The average Bonchev–Trinajstić information content (AvgIpc) is 2.32. The molecule has 0 aliphatic carbocycles. The molecule has 0 bridgehead atoms. The monoisotopic (exact) mass is 152 g/mol. The molecule has 0 aromatic carbocycles. The first-order valence-corrected chi connectivity index (χ1v) is 3.50. The predicted molar refractivity (Wildman–Crippen MR) is 43.1 cm³/mol. The lowest BCUT2D eigenvalue weighted by Crippen LogP contribution is -2.11. The van der Waals surface area contributed by atoms with Gasteiger partial charge in [0.25, 0.3) is 0 Å². The van der Waals surface area contributed by atoms with Crippen molar-refractivity contribution in [2.45, 2.75) is 26.2 Å². The van der Waals surface area contributed by atoms with Gasteiger partial charge in [-0.1, -0.05) is 27.4 Å². The fourth-order valence-electron chi connectivity index (χ4n) is 0.620. The molecule has 0 atom stereocenters. The molecule has 1 heterocycles. The van der Waals surface area contributed by atoms with Crippen molar-refractivity contribution in [3.8, 4) is 0 Å². The Bertz CT molecular complexity index is 257. The SMILES string of the molecule is C=Cc1nnc(C(C)(C)C)o1. The van der Waals surface area contributed by atoms with E-state index in [1.165, 1.54) is 0 Å². The van der Waals surface area contributed by atoms with Crippen molar-refractivity contribution < 1.29 is 4.42 Å². The number of nitrogens with zero attached hydrogens (tertiary/aromatic N) is 2. The highest BCUT2D eigenvalue weighted by Crippen LogP contribution is 2.20. The second-order valence-corrected chi connectivity index (χ2v) is 3.40. The van der Waals surface area contributed by atoms with E-state index in [-0.39, 0.29) is 5.41 Å². The minimum atomic E-state index is -0.0751. The van der Waals surface area contributed by atoms with Crippen LogP contribution < -0.4 is 0 Å². The summed E-state index contributed by atoms with van der Waals surface area (Å²) in [5, 5.41) is 7.64. The molecule has 0 saturated carbocycles. The Balaban J connectivity index is 2.98. The molecule has 1 aromatic rings. The summed E-state index contributed by atoms with van der Waals surface area (Å²) in [5.41, 5.74) is -0.0751. The highest BCUT2D eigenvalue weighted by atomic mass is 16.4. The fraction of sp³-hybridized carbons (Fsp3) is 0.500. The lowest BCUT2D eigenvalue weighted by Gasteiger charge is -2.10. The van der Waals surface area contributed by atoms with Crippen LogP contribution in [0.3, 0.4) is 0 Å². The molecule has 0 aliphatic rings. The van der Waals surface area contributed by atoms with Crippen LogP contribution in [0.1, 0.15) is 32.6 Å². The molecule has 0 N–H and O–H groups in total. The Hall–Kier alpha value is -1.12. The molecule has 3 heteroatoms. The summed E-state index contributed by atoms with van der Waals surface area (Å²) in [4.78, 5) is 0. The number of hydrogen-bond donors (Lipinski definition) is 0. The zero-order chi connectivity index (χ0) is 8.48. The quantitative estimate of drug-likeness (QED) is 0.617. The summed E-state index contributed by atoms with van der Waals surface area (Å²) < 4.78 is 5.26. The van der Waals surface area contributed by atoms with Gasteiger partial charge in [-0.25, -0.2) is 0 Å². The van der Waals surface area contributed by atoms with Gasteiger partial charge in [0.15, 0.2) is 0 Å². The van der Waals surface area contributed by atoms with E-state index < -0.39 is 0 Å². The van der Waals surface area contributed by atoms with Gasteiger partial charge < -0.3 is 4.42 Å². The van der Waals surface area contributed by atoms with Gasteiger partial charge in [-0.3, -0.25) is 0 Å². The fourth-order valence-corrected chi connectivity index (χ4v) is 0.620. The molecular weight excluding hydrogens is 140 g/mol. The molecule has 1 rings (SSSR count). The Labute approximate surface area is 66.1 Å². The van der Waals surface area contributed by atoms with E-state index in [0.29, 0.717) is 11.8 Å². The molecule has 60 valence electrons. The maximum atomic E-state index is 5.26. The lowest BCUT2D eigenvalue weighted by molar-refractivity contribution is 0.389. The summed E-state index contributed by atoms with van der Waals surface area (Å²) in [6.45, 7) is 9.59. The van der Waals surface area contributed by atoms with Gasteiger partial charge in [-0.15, -0.1) is 10.2 Å². The van der Waals surface area contributed by atoms with Crippen LogP contribution in [0.2, 0.25) is 0 Å². The van der Waals surface area contributed by atoms with Crippen LogP contribution in [0.25, 0.3) is 6.08 Å². The highest BCUT2D eigenvalue weighted by molar-refractivity contribution is 5.32. The third-order valence-electron chi connectivity index (χ3n) is 1.26. The summed E-state index contributed by atoms with van der Waals surface area (Å²) >= 11 is 0. The largest absolute Gasteiger partial charge is 0.421 e. The van der Waals surface area contributed by atoms with E-state index >= 15 is 0 Å². The zero-order valence-electron chi connectivity index (χ0n) is 7.09. The van der Waals surface area contributed by atoms with Crippen LogP contribution in [0.5, 0.6) is 0 Å². The maximum Gasteiger partial charge on any atom is 0.239 e. The normalized spacial score (nSPS) is 11.5. The first kappa shape index (κ1) is 7.98. The van der Waals surface area contributed by atoms with E-state index in [1.807, 2.05) is 20.8 Å². The van der Waals surface area contributed by atoms with Crippen LogP contribution in [0, 0.1) is 0 Å². The molecule has 0 unspecified atom stereocenters. The van der Waals surface area contributed by atoms with Crippen molar-refractivity contribution in [2.75, 3.05) is 0 Å². The van der Waals surface area contributed by atoms with Gasteiger partial charge in [0.05, 0.1) is 0 Å². The van der Waals surface area contributed by atoms with Crippen molar-refractivity contribution in [1.82, 2.24) is 10.2 Å². The Morgan fingerprint density at radius 3 is 2.27 bits per heavy atom. The van der Waals surface area contributed by atoms with Gasteiger partial charge in [0, 0.05) is 5.41 Å². The third kappa shape index (κ3) is 1.67. The Morgan fingerprint density at radius 1 is 1.36 bits per heavy atom. The van der Waals surface area contributed by atoms with Crippen LogP contribution in [-0.2, 0) is 5.41 Å². The minimum Gasteiger partial charge on any atom is -0.421 e. The van der Waals surface area contributed by atoms with E-state index in [0.717, 1.165) is 0 Å². The molecule has 0 amide bonds. The lowest BCUT2D eigenvalue weighted by atomic mass is 9.97. The first-order valence-electron chi connectivity index (χ1n) is 3.50. The zero-order valence-corrected chi connectivity index (χ0v) is 7.09. The van der Waals surface area contributed by atoms with Crippen molar-refractivity contribution in [2.24, 2.45) is 0 Å². The average molecular weight is 152 g/mol. The second-order valence-electron chi connectivity index (χ2n) is 3.40. The molecule has 0 spiro atoms. The molecular formula is C8H12N2O. The van der Waals surface area contributed by atoms with Crippen LogP contribution in [0.4, 0.5) is 0 Å². The van der Waals surface area contributed by atoms with Gasteiger partial charge in [-0.05, 0) is 6.08 Å². The van der Waals surface area contributed by atoms with Gasteiger partial charge in [0.2, 0.25) is 11.8 Å². The Kier molecular flexibility index (Phi) is 1.81. The smallest absolute Gasteiger partial charge is 0.239 e. The van der Waals surface area contributed by atoms with Crippen molar-refractivity contribution in [3.63, 3.8) is 0 Å². The molecule has 0 radical (unpaired) electrons. The summed E-state index contributed by atoms with van der Waals surface area (Å²) in [7, 11) is 0. The Morgan fingerprint density at radius 2 is 2.00 bits per heavy atom. The van der Waals surface area contributed by atoms with E-state index in [1.54, 1.807) is 6.08 Å². The molecule has 0 aliphatic heterocycles. The van der Waals surface area contributed by atoms with Gasteiger partial charge in [0.1, 0.15) is 0 Å². The molecule has 3 nitrogen and oxygen atoms in total.